The Hall–Kier alpha value is -0.780. The smallest absolute Gasteiger partial charge is 0.255 e. The molecule has 1 rings (SSSR count). The zero-order valence-electron chi connectivity index (χ0n) is 6.49. The van der Waals surface area contributed by atoms with Crippen LogP contribution < -0.4 is 0 Å². The number of hydrogen-bond acceptors (Lipinski definition) is 3. The third kappa shape index (κ3) is 2.17. The van der Waals surface area contributed by atoms with Gasteiger partial charge in [0.2, 0.25) is 5.78 Å². The number of nitro groups is 1. The zero-order valence-corrected chi connectivity index (χ0v) is 8.75. The number of aromatic nitrogens is 1. The van der Waals surface area contributed by atoms with E-state index in [-0.39, 0.29) is 5.69 Å². The lowest BCUT2D eigenvalue weighted by atomic mass is 10.3. The lowest BCUT2D eigenvalue weighted by molar-refractivity contribution is -0.542. The number of halogens is 3. The monoisotopic (exact) mass is 256 g/mol. The fraction of sp³-hybridized carbons (Fsp3) is 0.167. The highest BCUT2D eigenvalue weighted by molar-refractivity contribution is 6.77. The molecule has 0 saturated carbocycles. The van der Waals surface area contributed by atoms with Crippen molar-refractivity contribution in [1.29, 1.82) is 0 Å². The van der Waals surface area contributed by atoms with Crippen LogP contribution in [-0.4, -0.2) is 19.3 Å². The van der Waals surface area contributed by atoms with Crippen molar-refractivity contribution >= 4 is 40.6 Å². The predicted octanol–water partition coefficient (Wildman–Crippen LogP) is 2.08. The topological polar surface area (TPSA) is 65.1 Å². The van der Waals surface area contributed by atoms with Crippen LogP contribution in [0.15, 0.2) is 18.3 Å². The van der Waals surface area contributed by atoms with Crippen molar-refractivity contribution in [3.05, 3.63) is 34.1 Å². The Morgan fingerprint density at radius 2 is 2.07 bits per heavy atom. The molecule has 14 heavy (non-hydrogen) atoms. The molecule has 5 nitrogen and oxygen atoms in total. The first kappa shape index (κ1) is 11.3. The number of alkyl halides is 3. The summed E-state index contributed by atoms with van der Waals surface area (Å²) in [4.78, 5) is 21.7. The molecule has 76 valence electrons. The number of Topliss-reactive ketones (excluding diaryl/α,β-unsaturated/α-hetero) is 1. The van der Waals surface area contributed by atoms with Gasteiger partial charge in [-0.2, -0.15) is 0 Å². The first-order chi connectivity index (χ1) is 6.34. The van der Waals surface area contributed by atoms with Crippen molar-refractivity contribution in [2.45, 2.75) is 3.79 Å². The molecular formula is C6H3Cl3N2O3. The highest BCUT2D eigenvalue weighted by Crippen LogP contribution is 2.30. The van der Waals surface area contributed by atoms with Crippen LogP contribution in [0.5, 0.6) is 0 Å². The standard InChI is InChI=1S/C6H3Cl3N2O3/c7-6(8,9)5(12)4-2-1-3-10(4)11(13)14/h1-3H. The number of rotatable bonds is 2. The van der Waals surface area contributed by atoms with Crippen molar-refractivity contribution < 1.29 is 9.83 Å². The first-order valence-corrected chi connectivity index (χ1v) is 4.41. The molecule has 1 aromatic rings. The minimum atomic E-state index is -2.19. The molecule has 0 aliphatic carbocycles. The molecule has 1 heterocycles. The highest BCUT2D eigenvalue weighted by atomic mass is 35.6. The van der Waals surface area contributed by atoms with Crippen LogP contribution in [0.3, 0.4) is 0 Å². The molecule has 0 N–H and O–H groups in total. The maximum absolute atomic E-state index is 11.3. The van der Waals surface area contributed by atoms with Crippen LogP contribution in [0.2, 0.25) is 0 Å². The Labute approximate surface area is 93.3 Å². The van der Waals surface area contributed by atoms with Gasteiger partial charge in [0.05, 0.1) is 6.20 Å². The number of carbonyl (C=O) groups is 1. The molecule has 0 bridgehead atoms. The number of ketones is 1. The van der Waals surface area contributed by atoms with E-state index in [9.17, 15) is 14.9 Å². The van der Waals surface area contributed by atoms with Gasteiger partial charge < -0.3 is 0 Å². The summed E-state index contributed by atoms with van der Waals surface area (Å²) in [6, 6.07) is 2.51. The van der Waals surface area contributed by atoms with E-state index in [1.165, 1.54) is 12.1 Å². The van der Waals surface area contributed by atoms with Crippen LogP contribution in [0.1, 0.15) is 10.5 Å². The van der Waals surface area contributed by atoms with E-state index in [0.29, 0.717) is 4.68 Å². The van der Waals surface area contributed by atoms with Crippen LogP contribution in [0, 0.1) is 10.1 Å². The Morgan fingerprint density at radius 3 is 2.50 bits per heavy atom. The van der Waals surface area contributed by atoms with Gasteiger partial charge in [-0.25, -0.2) is 10.1 Å². The second kappa shape index (κ2) is 3.76. The molecule has 0 radical (unpaired) electrons. The minimum absolute atomic E-state index is 0.282. The molecular weight excluding hydrogens is 254 g/mol. The third-order valence-electron chi connectivity index (χ3n) is 1.39. The van der Waals surface area contributed by atoms with Crippen molar-refractivity contribution in [3.63, 3.8) is 0 Å². The van der Waals surface area contributed by atoms with Crippen molar-refractivity contribution in [2.75, 3.05) is 0 Å². The molecule has 0 atom stereocenters. The lowest BCUT2D eigenvalue weighted by Crippen LogP contribution is -2.24. The summed E-state index contributed by atoms with van der Waals surface area (Å²) in [5.41, 5.74) is -0.282. The normalized spacial score (nSPS) is 11.4. The van der Waals surface area contributed by atoms with Gasteiger partial charge in [0.1, 0.15) is 0 Å². The summed E-state index contributed by atoms with van der Waals surface area (Å²) in [5, 5.41) is 9.61. The quantitative estimate of drug-likeness (QED) is 0.353. The van der Waals surface area contributed by atoms with Gasteiger partial charge in [0.15, 0.2) is 10.7 Å². The fourth-order valence-electron chi connectivity index (χ4n) is 0.840. The average Bonchev–Trinajstić information content (AvgIpc) is 2.48. The Morgan fingerprint density at radius 1 is 1.50 bits per heavy atom. The predicted molar refractivity (Wildman–Crippen MR) is 51.4 cm³/mol. The molecule has 0 aromatic carbocycles. The van der Waals surface area contributed by atoms with Gasteiger partial charge in [-0.15, -0.1) is 0 Å². The van der Waals surface area contributed by atoms with E-state index in [0.717, 1.165) is 6.20 Å². The molecule has 0 aliphatic heterocycles. The van der Waals surface area contributed by atoms with Gasteiger partial charge >= 0.3 is 0 Å². The molecule has 0 fully saturated rings. The molecule has 0 spiro atoms. The molecule has 0 unspecified atom stereocenters. The molecule has 0 saturated heterocycles. The van der Waals surface area contributed by atoms with Gasteiger partial charge in [-0.3, -0.25) is 4.79 Å². The van der Waals surface area contributed by atoms with Gasteiger partial charge in [0, 0.05) is 0 Å². The minimum Gasteiger partial charge on any atom is -0.287 e. The summed E-state index contributed by atoms with van der Waals surface area (Å²) >= 11 is 15.9. The number of nitrogens with zero attached hydrogens (tertiary/aromatic N) is 2. The SMILES string of the molecule is O=C(c1cccn1[N+](=O)[O-])C(Cl)(Cl)Cl. The molecule has 8 heteroatoms. The molecule has 1 aromatic heterocycles. The van der Waals surface area contributed by atoms with Crippen molar-refractivity contribution in [2.24, 2.45) is 0 Å². The number of hydrogen-bond donors (Lipinski definition) is 0. The summed E-state index contributed by atoms with van der Waals surface area (Å²) in [5.74, 6) is -0.941. The van der Waals surface area contributed by atoms with Crippen molar-refractivity contribution in [3.8, 4) is 0 Å². The largest absolute Gasteiger partial charge is 0.287 e. The second-order valence-corrected chi connectivity index (χ2v) is 4.58. The van der Waals surface area contributed by atoms with E-state index < -0.39 is 14.6 Å². The Bertz CT molecular complexity index is 382. The summed E-state index contributed by atoms with van der Waals surface area (Å²) in [6.07, 6.45) is 1.09. The van der Waals surface area contributed by atoms with Crippen LogP contribution in [0.4, 0.5) is 0 Å². The van der Waals surface area contributed by atoms with Crippen LogP contribution in [0.25, 0.3) is 0 Å². The number of carbonyl (C=O) groups excluding carboxylic acids is 1. The van der Waals surface area contributed by atoms with Crippen LogP contribution in [-0.2, 0) is 0 Å². The first-order valence-electron chi connectivity index (χ1n) is 3.27. The fourth-order valence-corrected chi connectivity index (χ4v) is 1.13. The lowest BCUT2D eigenvalue weighted by Gasteiger charge is -2.07. The van der Waals surface area contributed by atoms with Crippen LogP contribution >= 0.6 is 34.8 Å². The Balaban J connectivity index is 3.14. The summed E-state index contributed by atoms with van der Waals surface area (Å²) in [6.45, 7) is 0. The average molecular weight is 257 g/mol. The van der Waals surface area contributed by atoms with E-state index in [1.807, 2.05) is 0 Å². The second-order valence-electron chi connectivity index (χ2n) is 2.30. The van der Waals surface area contributed by atoms with E-state index >= 15 is 0 Å². The zero-order chi connectivity index (χ0) is 10.9. The maximum atomic E-state index is 11.3. The molecule has 0 amide bonds. The van der Waals surface area contributed by atoms with E-state index in [1.54, 1.807) is 0 Å². The third-order valence-corrected chi connectivity index (χ3v) is 1.91. The van der Waals surface area contributed by atoms with E-state index in [4.69, 9.17) is 34.8 Å². The Kier molecular flexibility index (Phi) is 3.04. The summed E-state index contributed by atoms with van der Waals surface area (Å²) < 4.78 is -1.70. The molecule has 0 aliphatic rings. The van der Waals surface area contributed by atoms with Crippen molar-refractivity contribution in [1.82, 2.24) is 4.68 Å². The highest BCUT2D eigenvalue weighted by Gasteiger charge is 2.35. The van der Waals surface area contributed by atoms with Gasteiger partial charge in [-0.1, -0.05) is 39.5 Å². The maximum Gasteiger partial charge on any atom is 0.255 e. The summed E-state index contributed by atoms with van der Waals surface area (Å²) in [7, 11) is 0. The van der Waals surface area contributed by atoms with Gasteiger partial charge in [-0.05, 0) is 12.1 Å². The van der Waals surface area contributed by atoms with E-state index in [2.05, 4.69) is 0 Å². The van der Waals surface area contributed by atoms with Gasteiger partial charge in [0.25, 0.3) is 3.79 Å².